The predicted octanol–water partition coefficient (Wildman–Crippen LogP) is 2.47. The fraction of sp³-hybridized carbons (Fsp3) is 0.312. The molecule has 1 saturated heterocycles. The lowest BCUT2D eigenvalue weighted by Crippen LogP contribution is -2.42. The van der Waals surface area contributed by atoms with Gasteiger partial charge in [0.1, 0.15) is 10.4 Å². The average Bonchev–Trinajstić information content (AvgIpc) is 2.86. The van der Waals surface area contributed by atoms with Crippen LogP contribution in [0.25, 0.3) is 6.08 Å². The summed E-state index contributed by atoms with van der Waals surface area (Å²) >= 11 is 6.36. The van der Waals surface area contributed by atoms with E-state index in [-0.39, 0.29) is 5.91 Å². The first kappa shape index (κ1) is 18.3. The van der Waals surface area contributed by atoms with Crippen molar-refractivity contribution in [2.45, 2.75) is 13.0 Å². The minimum atomic E-state index is -0.765. The van der Waals surface area contributed by atoms with Gasteiger partial charge < -0.3 is 14.2 Å². The van der Waals surface area contributed by atoms with Crippen molar-refractivity contribution in [3.05, 3.63) is 28.7 Å². The second-order valence-corrected chi connectivity index (χ2v) is 6.54. The van der Waals surface area contributed by atoms with E-state index >= 15 is 0 Å². The quantitative estimate of drug-likeness (QED) is 0.450. The zero-order valence-electron chi connectivity index (χ0n) is 13.7. The molecule has 24 heavy (non-hydrogen) atoms. The van der Waals surface area contributed by atoms with Gasteiger partial charge in [-0.05, 0) is 30.7 Å². The molecule has 1 aliphatic rings. The Labute approximate surface area is 149 Å². The smallest absolute Gasteiger partial charge is 0.328 e. The lowest BCUT2D eigenvalue weighted by molar-refractivity contribution is -0.147. The number of carbonyl (C=O) groups is 2. The second kappa shape index (κ2) is 7.67. The molecule has 6 nitrogen and oxygen atoms in total. The Balaban J connectivity index is 2.30. The maximum Gasteiger partial charge on any atom is 0.328 e. The van der Waals surface area contributed by atoms with Gasteiger partial charge in [-0.25, -0.2) is 4.79 Å². The van der Waals surface area contributed by atoms with Crippen LogP contribution in [0.4, 0.5) is 0 Å². The third kappa shape index (κ3) is 3.54. The van der Waals surface area contributed by atoms with Gasteiger partial charge in [0.25, 0.3) is 5.91 Å². The summed E-state index contributed by atoms with van der Waals surface area (Å²) in [5.41, 5.74) is 0.763. The van der Waals surface area contributed by atoms with Crippen molar-refractivity contribution < 1.29 is 23.8 Å². The molecule has 0 N–H and O–H groups in total. The first-order valence-corrected chi connectivity index (χ1v) is 8.22. The van der Waals surface area contributed by atoms with Gasteiger partial charge in [0.05, 0.1) is 26.2 Å². The number of thiocarbonyl (C=S) groups is 1. The minimum absolute atomic E-state index is 0.322. The molecule has 1 fully saturated rings. The summed E-state index contributed by atoms with van der Waals surface area (Å²) in [6.45, 7) is 1.58. The van der Waals surface area contributed by atoms with Gasteiger partial charge in [-0.3, -0.25) is 9.69 Å². The summed E-state index contributed by atoms with van der Waals surface area (Å²) in [5.74, 6) is 0.322. The van der Waals surface area contributed by atoms with Gasteiger partial charge in [0.2, 0.25) is 0 Å². The fourth-order valence-electron chi connectivity index (χ4n) is 2.18. The van der Waals surface area contributed by atoms with Crippen molar-refractivity contribution >= 4 is 46.3 Å². The number of esters is 1. The first-order chi connectivity index (χ1) is 11.4. The molecule has 0 spiro atoms. The molecule has 0 radical (unpaired) electrons. The van der Waals surface area contributed by atoms with E-state index in [1.165, 1.54) is 12.0 Å². The van der Waals surface area contributed by atoms with Crippen molar-refractivity contribution in [3.8, 4) is 11.5 Å². The SMILES string of the molecule is COC(=O)C(C)N1C(=O)C(=Cc2ccc(OC)c(OC)c2)SC1=S. The van der Waals surface area contributed by atoms with E-state index in [2.05, 4.69) is 4.74 Å². The van der Waals surface area contributed by atoms with E-state index in [0.717, 1.165) is 17.3 Å². The van der Waals surface area contributed by atoms with Gasteiger partial charge in [-0.15, -0.1) is 0 Å². The number of ether oxygens (including phenoxy) is 3. The van der Waals surface area contributed by atoms with Crippen LogP contribution in [-0.4, -0.2) is 48.5 Å². The van der Waals surface area contributed by atoms with Crippen LogP contribution in [0.1, 0.15) is 12.5 Å². The Morgan fingerprint density at radius 1 is 1.25 bits per heavy atom. The molecule has 1 heterocycles. The highest BCUT2D eigenvalue weighted by Crippen LogP contribution is 2.35. The summed E-state index contributed by atoms with van der Waals surface area (Å²) < 4.78 is 15.4. The van der Waals surface area contributed by atoms with E-state index in [4.69, 9.17) is 21.7 Å². The topological polar surface area (TPSA) is 65.1 Å². The third-order valence-corrected chi connectivity index (χ3v) is 4.79. The largest absolute Gasteiger partial charge is 0.493 e. The minimum Gasteiger partial charge on any atom is -0.493 e. The van der Waals surface area contributed by atoms with E-state index in [0.29, 0.717) is 20.7 Å². The van der Waals surface area contributed by atoms with Gasteiger partial charge in [-0.1, -0.05) is 30.0 Å². The molecule has 1 amide bonds. The van der Waals surface area contributed by atoms with Gasteiger partial charge in [0.15, 0.2) is 11.5 Å². The van der Waals surface area contributed by atoms with Gasteiger partial charge in [-0.2, -0.15) is 0 Å². The summed E-state index contributed by atoms with van der Waals surface area (Å²) in [6.07, 6.45) is 1.70. The number of thioether (sulfide) groups is 1. The molecule has 1 aliphatic heterocycles. The highest BCUT2D eigenvalue weighted by molar-refractivity contribution is 8.26. The van der Waals surface area contributed by atoms with Crippen molar-refractivity contribution in [1.82, 2.24) is 4.90 Å². The number of methoxy groups -OCH3 is 3. The molecule has 2 rings (SSSR count). The van der Waals surface area contributed by atoms with E-state index in [9.17, 15) is 9.59 Å². The molecule has 1 aromatic rings. The Morgan fingerprint density at radius 3 is 2.50 bits per heavy atom. The van der Waals surface area contributed by atoms with E-state index < -0.39 is 12.0 Å². The number of benzene rings is 1. The normalized spacial score (nSPS) is 17.2. The molecule has 1 atom stereocenters. The second-order valence-electron chi connectivity index (χ2n) is 4.87. The molecule has 0 bridgehead atoms. The van der Waals surface area contributed by atoms with Crippen LogP contribution in [0.3, 0.4) is 0 Å². The van der Waals surface area contributed by atoms with Crippen LogP contribution in [0.15, 0.2) is 23.1 Å². The molecule has 8 heteroatoms. The third-order valence-electron chi connectivity index (χ3n) is 3.46. The predicted molar refractivity (Wildman–Crippen MR) is 96.0 cm³/mol. The molecule has 128 valence electrons. The highest BCUT2D eigenvalue weighted by Gasteiger charge is 2.38. The summed E-state index contributed by atoms with van der Waals surface area (Å²) in [5, 5.41) is 0. The number of amides is 1. The van der Waals surface area contributed by atoms with E-state index in [1.54, 1.807) is 45.4 Å². The lowest BCUT2D eigenvalue weighted by Gasteiger charge is -2.20. The van der Waals surface area contributed by atoms with Crippen LogP contribution >= 0.6 is 24.0 Å². The number of nitrogens with zero attached hydrogens (tertiary/aromatic N) is 1. The molecule has 1 unspecified atom stereocenters. The van der Waals surface area contributed by atoms with Crippen molar-refractivity contribution in [2.24, 2.45) is 0 Å². The Morgan fingerprint density at radius 2 is 1.92 bits per heavy atom. The van der Waals surface area contributed by atoms with Crippen LogP contribution in [0, 0.1) is 0 Å². The Bertz CT molecular complexity index is 716. The molecular weight excluding hydrogens is 350 g/mol. The summed E-state index contributed by atoms with van der Waals surface area (Å²) in [4.78, 5) is 25.9. The molecule has 0 saturated carbocycles. The number of hydrogen-bond donors (Lipinski definition) is 0. The van der Waals surface area contributed by atoms with E-state index in [1.807, 2.05) is 0 Å². The van der Waals surface area contributed by atoms with Crippen LogP contribution < -0.4 is 9.47 Å². The maximum absolute atomic E-state index is 12.5. The zero-order valence-corrected chi connectivity index (χ0v) is 15.3. The van der Waals surface area contributed by atoms with Crippen LogP contribution in [0.5, 0.6) is 11.5 Å². The van der Waals surface area contributed by atoms with Crippen molar-refractivity contribution in [2.75, 3.05) is 21.3 Å². The molecule has 1 aromatic carbocycles. The van der Waals surface area contributed by atoms with Gasteiger partial charge in [0, 0.05) is 0 Å². The number of carbonyl (C=O) groups excluding carboxylic acids is 2. The monoisotopic (exact) mass is 367 g/mol. The fourth-order valence-corrected chi connectivity index (χ4v) is 3.60. The molecule has 0 aromatic heterocycles. The summed E-state index contributed by atoms with van der Waals surface area (Å²) in [7, 11) is 4.37. The number of hydrogen-bond acceptors (Lipinski definition) is 7. The number of rotatable bonds is 5. The Kier molecular flexibility index (Phi) is 5.84. The van der Waals surface area contributed by atoms with Crippen molar-refractivity contribution in [3.63, 3.8) is 0 Å². The van der Waals surface area contributed by atoms with Crippen LogP contribution in [-0.2, 0) is 14.3 Å². The zero-order chi connectivity index (χ0) is 17.9. The molecule has 0 aliphatic carbocycles. The maximum atomic E-state index is 12.5. The van der Waals surface area contributed by atoms with Crippen LogP contribution in [0.2, 0.25) is 0 Å². The highest BCUT2D eigenvalue weighted by atomic mass is 32.2. The molecular formula is C16H17NO5S2. The lowest BCUT2D eigenvalue weighted by atomic mass is 10.1. The summed E-state index contributed by atoms with van der Waals surface area (Å²) in [6, 6.07) is 4.55. The van der Waals surface area contributed by atoms with Gasteiger partial charge >= 0.3 is 5.97 Å². The first-order valence-electron chi connectivity index (χ1n) is 6.99. The average molecular weight is 367 g/mol. The Hall–Kier alpha value is -2.06. The van der Waals surface area contributed by atoms with Crippen molar-refractivity contribution in [1.29, 1.82) is 0 Å². The standard InChI is InChI=1S/C16H17NO5S2/c1-9(15(19)22-4)17-14(18)13(24-16(17)23)8-10-5-6-11(20-2)12(7-10)21-3/h5-9H,1-4H3.